The van der Waals surface area contributed by atoms with Crippen molar-refractivity contribution in [3.05, 3.63) is 0 Å². The van der Waals surface area contributed by atoms with Crippen LogP contribution >= 0.6 is 0 Å². The highest BCUT2D eigenvalue weighted by Gasteiger charge is 2.34. The minimum Gasteiger partial charge on any atom is -0.479 e. The SMILES string of the molecule is O=C(NCC1CCC1)[C@@H]1CC[C@H](C(=O)O)O1. The Hall–Kier alpha value is -1.10. The third-order valence-electron chi connectivity index (χ3n) is 3.38. The topological polar surface area (TPSA) is 75.6 Å². The third-order valence-corrected chi connectivity index (χ3v) is 3.38. The molecule has 0 aromatic rings. The fraction of sp³-hybridized carbons (Fsp3) is 0.818. The Morgan fingerprint density at radius 1 is 1.19 bits per heavy atom. The van der Waals surface area contributed by atoms with Gasteiger partial charge in [-0.25, -0.2) is 4.79 Å². The average Bonchev–Trinajstić information content (AvgIpc) is 2.63. The summed E-state index contributed by atoms with van der Waals surface area (Å²) in [5.74, 6) is -0.523. The zero-order valence-corrected chi connectivity index (χ0v) is 9.15. The standard InChI is InChI=1S/C11H17NO4/c13-10(12-6-7-2-1-3-7)8-4-5-9(16-8)11(14)15/h7-9H,1-6H2,(H,12,13)(H,14,15)/t8-,9+/m0/s1. The second kappa shape index (κ2) is 4.82. The molecule has 5 nitrogen and oxygen atoms in total. The minimum absolute atomic E-state index is 0.157. The number of carbonyl (C=O) groups excluding carboxylic acids is 1. The van der Waals surface area contributed by atoms with Gasteiger partial charge in [-0.1, -0.05) is 6.42 Å². The number of carbonyl (C=O) groups is 2. The lowest BCUT2D eigenvalue weighted by Crippen LogP contribution is -2.39. The lowest BCUT2D eigenvalue weighted by atomic mass is 9.85. The second-order valence-electron chi connectivity index (χ2n) is 4.57. The predicted octanol–water partition coefficient (Wildman–Crippen LogP) is 0.535. The Morgan fingerprint density at radius 3 is 2.38 bits per heavy atom. The van der Waals surface area contributed by atoms with Crippen molar-refractivity contribution in [1.82, 2.24) is 5.32 Å². The number of hydrogen-bond acceptors (Lipinski definition) is 3. The van der Waals surface area contributed by atoms with Gasteiger partial charge in [-0.05, 0) is 31.6 Å². The molecule has 2 aliphatic rings. The van der Waals surface area contributed by atoms with Gasteiger partial charge in [0.2, 0.25) is 5.91 Å². The maximum absolute atomic E-state index is 11.6. The molecule has 0 aromatic heterocycles. The van der Waals surface area contributed by atoms with Gasteiger partial charge in [0.25, 0.3) is 0 Å². The fourth-order valence-corrected chi connectivity index (χ4v) is 2.07. The molecule has 0 bridgehead atoms. The molecule has 0 spiro atoms. The number of carboxylic acid groups (broad SMARTS) is 1. The van der Waals surface area contributed by atoms with Crippen LogP contribution in [-0.4, -0.2) is 35.7 Å². The highest BCUT2D eigenvalue weighted by Crippen LogP contribution is 2.25. The Morgan fingerprint density at radius 2 is 1.88 bits per heavy atom. The van der Waals surface area contributed by atoms with E-state index in [1.165, 1.54) is 19.3 Å². The summed E-state index contributed by atoms with van der Waals surface area (Å²) in [6.07, 6.45) is 3.18. The molecular formula is C11H17NO4. The normalized spacial score (nSPS) is 29.8. The smallest absolute Gasteiger partial charge is 0.332 e. The molecule has 1 aliphatic carbocycles. The van der Waals surface area contributed by atoms with Crippen molar-refractivity contribution in [2.24, 2.45) is 5.92 Å². The van der Waals surface area contributed by atoms with Gasteiger partial charge < -0.3 is 15.2 Å². The first kappa shape index (κ1) is 11.4. The van der Waals surface area contributed by atoms with Crippen LogP contribution < -0.4 is 5.32 Å². The Labute approximate surface area is 94.2 Å². The number of rotatable bonds is 4. The zero-order chi connectivity index (χ0) is 11.5. The molecule has 1 saturated carbocycles. The lowest BCUT2D eigenvalue weighted by molar-refractivity contribution is -0.151. The van der Waals surface area contributed by atoms with Gasteiger partial charge in [-0.3, -0.25) is 4.79 Å². The number of carboxylic acids is 1. The summed E-state index contributed by atoms with van der Waals surface area (Å²) in [6, 6.07) is 0. The van der Waals surface area contributed by atoms with Crippen LogP contribution in [0.5, 0.6) is 0 Å². The lowest BCUT2D eigenvalue weighted by Gasteiger charge is -2.25. The number of nitrogens with one attached hydrogen (secondary N) is 1. The maximum atomic E-state index is 11.6. The second-order valence-corrected chi connectivity index (χ2v) is 4.57. The molecule has 2 rings (SSSR count). The first-order valence-electron chi connectivity index (χ1n) is 5.83. The van der Waals surface area contributed by atoms with Crippen LogP contribution in [0.3, 0.4) is 0 Å². The van der Waals surface area contributed by atoms with Crippen molar-refractivity contribution < 1.29 is 19.4 Å². The highest BCUT2D eigenvalue weighted by molar-refractivity contribution is 5.82. The molecule has 1 amide bonds. The van der Waals surface area contributed by atoms with E-state index >= 15 is 0 Å². The minimum atomic E-state index is -0.978. The van der Waals surface area contributed by atoms with E-state index in [1.807, 2.05) is 0 Å². The molecule has 1 saturated heterocycles. The maximum Gasteiger partial charge on any atom is 0.332 e. The fourth-order valence-electron chi connectivity index (χ4n) is 2.07. The van der Waals surface area contributed by atoms with Gasteiger partial charge in [0.1, 0.15) is 6.10 Å². The van der Waals surface area contributed by atoms with E-state index in [9.17, 15) is 9.59 Å². The van der Waals surface area contributed by atoms with E-state index in [2.05, 4.69) is 5.32 Å². The van der Waals surface area contributed by atoms with Crippen LogP contribution in [0, 0.1) is 5.92 Å². The van der Waals surface area contributed by atoms with Crippen molar-refractivity contribution >= 4 is 11.9 Å². The molecule has 90 valence electrons. The predicted molar refractivity (Wildman–Crippen MR) is 55.9 cm³/mol. The summed E-state index contributed by atoms with van der Waals surface area (Å²) in [5, 5.41) is 11.6. The molecule has 0 radical (unpaired) electrons. The quantitative estimate of drug-likeness (QED) is 0.734. The summed E-state index contributed by atoms with van der Waals surface area (Å²) >= 11 is 0. The Bertz CT molecular complexity index is 288. The molecule has 1 heterocycles. The Balaban J connectivity index is 1.71. The van der Waals surface area contributed by atoms with Gasteiger partial charge in [0.15, 0.2) is 6.10 Å². The van der Waals surface area contributed by atoms with Gasteiger partial charge >= 0.3 is 5.97 Å². The van der Waals surface area contributed by atoms with Crippen LogP contribution in [-0.2, 0) is 14.3 Å². The molecule has 2 atom stereocenters. The largest absolute Gasteiger partial charge is 0.479 e. The molecule has 5 heteroatoms. The summed E-state index contributed by atoms with van der Waals surface area (Å²) in [7, 11) is 0. The molecule has 0 unspecified atom stereocenters. The van der Waals surface area contributed by atoms with E-state index < -0.39 is 18.2 Å². The van der Waals surface area contributed by atoms with Gasteiger partial charge in [-0.15, -0.1) is 0 Å². The summed E-state index contributed by atoms with van der Waals surface area (Å²) in [4.78, 5) is 22.3. The summed E-state index contributed by atoms with van der Waals surface area (Å²) < 4.78 is 5.16. The van der Waals surface area contributed by atoms with E-state index in [1.54, 1.807) is 0 Å². The van der Waals surface area contributed by atoms with E-state index in [-0.39, 0.29) is 5.91 Å². The number of ether oxygens (including phenoxy) is 1. The van der Waals surface area contributed by atoms with E-state index in [0.29, 0.717) is 25.3 Å². The number of aliphatic carboxylic acids is 1. The number of hydrogen-bond donors (Lipinski definition) is 2. The molecule has 0 aromatic carbocycles. The van der Waals surface area contributed by atoms with Crippen LogP contribution in [0.4, 0.5) is 0 Å². The first-order chi connectivity index (χ1) is 7.66. The van der Waals surface area contributed by atoms with Crippen molar-refractivity contribution in [2.75, 3.05) is 6.54 Å². The monoisotopic (exact) mass is 227 g/mol. The first-order valence-corrected chi connectivity index (χ1v) is 5.83. The van der Waals surface area contributed by atoms with Crippen LogP contribution in [0.25, 0.3) is 0 Å². The van der Waals surface area contributed by atoms with Gasteiger partial charge in [-0.2, -0.15) is 0 Å². The van der Waals surface area contributed by atoms with Crippen molar-refractivity contribution in [3.63, 3.8) is 0 Å². The van der Waals surface area contributed by atoms with Crippen LogP contribution in [0.2, 0.25) is 0 Å². The molecule has 2 fully saturated rings. The van der Waals surface area contributed by atoms with Crippen molar-refractivity contribution in [2.45, 2.75) is 44.3 Å². The zero-order valence-electron chi connectivity index (χ0n) is 9.15. The van der Waals surface area contributed by atoms with Gasteiger partial charge in [0, 0.05) is 6.54 Å². The average molecular weight is 227 g/mol. The van der Waals surface area contributed by atoms with Crippen molar-refractivity contribution in [3.8, 4) is 0 Å². The highest BCUT2D eigenvalue weighted by atomic mass is 16.5. The number of amides is 1. The summed E-state index contributed by atoms with van der Waals surface area (Å²) in [6.45, 7) is 0.705. The molecule has 1 aliphatic heterocycles. The van der Waals surface area contributed by atoms with Crippen molar-refractivity contribution in [1.29, 1.82) is 0 Å². The molecule has 2 N–H and O–H groups in total. The van der Waals surface area contributed by atoms with Crippen LogP contribution in [0.1, 0.15) is 32.1 Å². The van der Waals surface area contributed by atoms with E-state index in [0.717, 1.165) is 0 Å². The van der Waals surface area contributed by atoms with E-state index in [4.69, 9.17) is 9.84 Å². The molecule has 16 heavy (non-hydrogen) atoms. The Kier molecular flexibility index (Phi) is 3.43. The van der Waals surface area contributed by atoms with Crippen LogP contribution in [0.15, 0.2) is 0 Å². The summed E-state index contributed by atoms with van der Waals surface area (Å²) in [5.41, 5.74) is 0. The third kappa shape index (κ3) is 2.52. The molecular weight excluding hydrogens is 210 g/mol. The van der Waals surface area contributed by atoms with Gasteiger partial charge in [0.05, 0.1) is 0 Å².